The van der Waals surface area contributed by atoms with Gasteiger partial charge in [0.05, 0.1) is 19.8 Å². The summed E-state index contributed by atoms with van der Waals surface area (Å²) in [7, 11) is 3.28. The summed E-state index contributed by atoms with van der Waals surface area (Å²) >= 11 is 0. The van der Waals surface area contributed by atoms with Gasteiger partial charge in [0.2, 0.25) is 0 Å². The van der Waals surface area contributed by atoms with E-state index in [1.54, 1.807) is 14.2 Å². The van der Waals surface area contributed by atoms with Crippen LogP contribution in [-0.2, 0) is 26.1 Å². The first-order valence-corrected chi connectivity index (χ1v) is 10.1. The van der Waals surface area contributed by atoms with Crippen LogP contribution >= 0.6 is 0 Å². The molecule has 2 aromatic rings. The van der Waals surface area contributed by atoms with Gasteiger partial charge < -0.3 is 19.0 Å². The summed E-state index contributed by atoms with van der Waals surface area (Å²) in [5.41, 5.74) is 3.01. The Hall–Kier alpha value is -2.51. The highest BCUT2D eigenvalue weighted by Crippen LogP contribution is 2.34. The number of aromatic hydroxyl groups is 1. The molecule has 0 unspecified atom stereocenters. The van der Waals surface area contributed by atoms with E-state index in [9.17, 15) is 9.90 Å². The monoisotopic (exact) mass is 400 g/mol. The van der Waals surface area contributed by atoms with Gasteiger partial charge in [0.1, 0.15) is 12.0 Å². The molecule has 0 atom stereocenters. The molecule has 0 amide bonds. The lowest BCUT2D eigenvalue weighted by molar-refractivity contribution is 0.236. The molecule has 0 bridgehead atoms. The minimum absolute atomic E-state index is 0.0752. The lowest BCUT2D eigenvalue weighted by Crippen LogP contribution is -2.30. The summed E-state index contributed by atoms with van der Waals surface area (Å²) in [4.78, 5) is 16.6. The molecule has 4 rings (SSSR count). The van der Waals surface area contributed by atoms with Crippen LogP contribution in [0.15, 0.2) is 27.6 Å². The van der Waals surface area contributed by atoms with E-state index in [0.717, 1.165) is 56.9 Å². The second kappa shape index (κ2) is 8.47. The maximum atomic E-state index is 12.2. The van der Waals surface area contributed by atoms with Crippen LogP contribution in [0.25, 0.3) is 0 Å². The number of nitrogens with zero attached hydrogens (tertiary/aromatic N) is 2. The van der Waals surface area contributed by atoms with Crippen molar-refractivity contribution >= 4 is 0 Å². The van der Waals surface area contributed by atoms with Crippen molar-refractivity contribution in [3.05, 3.63) is 51.1 Å². The van der Waals surface area contributed by atoms with Gasteiger partial charge in [-0.25, -0.2) is 4.79 Å². The molecule has 0 aliphatic carbocycles. The molecule has 29 heavy (non-hydrogen) atoms. The van der Waals surface area contributed by atoms with E-state index in [-0.39, 0.29) is 5.75 Å². The number of likely N-dealkylation sites (tertiary alicyclic amines) is 1. The minimum atomic E-state index is -0.445. The van der Waals surface area contributed by atoms with Crippen LogP contribution in [0.1, 0.15) is 35.1 Å². The Morgan fingerprint density at radius 1 is 1.00 bits per heavy atom. The number of fused-ring (bicyclic) bond motifs is 1. The van der Waals surface area contributed by atoms with Crippen LogP contribution in [0.5, 0.6) is 17.2 Å². The molecule has 1 aromatic carbocycles. The fourth-order valence-electron chi connectivity index (χ4n) is 4.28. The highest BCUT2D eigenvalue weighted by molar-refractivity contribution is 5.48. The van der Waals surface area contributed by atoms with Crippen molar-refractivity contribution in [3.63, 3.8) is 0 Å². The summed E-state index contributed by atoms with van der Waals surface area (Å²) in [5.74, 6) is 1.54. The molecule has 1 fully saturated rings. The van der Waals surface area contributed by atoms with Gasteiger partial charge in [-0.2, -0.15) is 0 Å². The molecule has 156 valence electrons. The van der Waals surface area contributed by atoms with Crippen molar-refractivity contribution in [1.29, 1.82) is 0 Å². The van der Waals surface area contributed by atoms with E-state index in [1.165, 1.54) is 17.4 Å². The van der Waals surface area contributed by atoms with E-state index in [0.29, 0.717) is 24.2 Å². The Bertz CT molecular complexity index is 934. The largest absolute Gasteiger partial charge is 0.507 e. The van der Waals surface area contributed by atoms with Gasteiger partial charge in [0.15, 0.2) is 11.5 Å². The van der Waals surface area contributed by atoms with Gasteiger partial charge in [-0.3, -0.25) is 9.80 Å². The van der Waals surface area contributed by atoms with E-state index in [2.05, 4.69) is 9.80 Å². The van der Waals surface area contributed by atoms with Crippen LogP contribution in [0.3, 0.4) is 0 Å². The summed E-state index contributed by atoms with van der Waals surface area (Å²) in [6, 6.07) is 4.06. The summed E-state index contributed by atoms with van der Waals surface area (Å²) in [6.07, 6.45) is 4.55. The van der Waals surface area contributed by atoms with E-state index < -0.39 is 5.63 Å². The highest BCUT2D eigenvalue weighted by atomic mass is 16.5. The topological polar surface area (TPSA) is 75.4 Å². The Morgan fingerprint density at radius 2 is 1.69 bits per heavy atom. The molecule has 0 radical (unpaired) electrons. The average Bonchev–Trinajstić information content (AvgIpc) is 3.25. The summed E-state index contributed by atoms with van der Waals surface area (Å²) in [6.45, 7) is 4.46. The number of methoxy groups -OCH3 is 2. The van der Waals surface area contributed by atoms with E-state index in [4.69, 9.17) is 13.9 Å². The van der Waals surface area contributed by atoms with Crippen molar-refractivity contribution < 1.29 is 19.0 Å². The minimum Gasteiger partial charge on any atom is -0.507 e. The summed E-state index contributed by atoms with van der Waals surface area (Å²) in [5, 5.41) is 10.8. The predicted octanol–water partition coefficient (Wildman–Crippen LogP) is 2.52. The van der Waals surface area contributed by atoms with Crippen LogP contribution in [0.2, 0.25) is 0 Å². The summed E-state index contributed by atoms with van der Waals surface area (Å²) < 4.78 is 16.1. The molecule has 7 nitrogen and oxygen atoms in total. The molecule has 0 saturated carbocycles. The van der Waals surface area contributed by atoms with Crippen molar-refractivity contribution in [1.82, 2.24) is 9.80 Å². The Balaban J connectivity index is 1.52. The predicted molar refractivity (Wildman–Crippen MR) is 109 cm³/mol. The maximum Gasteiger partial charge on any atom is 0.343 e. The molecule has 1 saturated heterocycles. The zero-order chi connectivity index (χ0) is 20.4. The molecule has 2 aliphatic rings. The fraction of sp³-hybridized carbons (Fsp3) is 0.500. The lowest BCUT2D eigenvalue weighted by atomic mass is 9.98. The van der Waals surface area contributed by atoms with E-state index >= 15 is 0 Å². The second-order valence-corrected chi connectivity index (χ2v) is 7.80. The second-order valence-electron chi connectivity index (χ2n) is 7.80. The zero-order valence-electron chi connectivity index (χ0n) is 17.1. The maximum absolute atomic E-state index is 12.2. The number of ether oxygens (including phenoxy) is 2. The van der Waals surface area contributed by atoms with Gasteiger partial charge in [-0.15, -0.1) is 0 Å². The quantitative estimate of drug-likeness (QED) is 0.799. The van der Waals surface area contributed by atoms with Crippen molar-refractivity contribution in [3.8, 4) is 17.2 Å². The molecule has 1 N–H and O–H groups in total. The number of rotatable bonds is 6. The first kappa shape index (κ1) is 19.8. The molecule has 2 aliphatic heterocycles. The fourth-order valence-corrected chi connectivity index (χ4v) is 4.28. The van der Waals surface area contributed by atoms with Crippen molar-refractivity contribution in [2.75, 3.05) is 33.9 Å². The van der Waals surface area contributed by atoms with E-state index in [1.807, 2.05) is 12.1 Å². The molecular weight excluding hydrogens is 372 g/mol. The van der Waals surface area contributed by atoms with Crippen molar-refractivity contribution in [2.45, 2.75) is 38.9 Å². The first-order valence-electron chi connectivity index (χ1n) is 10.1. The number of benzene rings is 1. The zero-order valence-corrected chi connectivity index (χ0v) is 17.1. The smallest absolute Gasteiger partial charge is 0.343 e. The Kier molecular flexibility index (Phi) is 5.78. The standard InChI is InChI=1S/C22H28N2O5/c1-27-19-9-15-5-8-24(11-16(15)10-20(19)28-2)12-17-14-29-22(26)18(21(17)25)13-23-6-3-4-7-23/h9-10,14,25H,3-8,11-13H2,1-2H3. The molecule has 7 heteroatoms. The van der Waals surface area contributed by atoms with Crippen LogP contribution in [0, 0.1) is 0 Å². The molecular formula is C22H28N2O5. The first-order chi connectivity index (χ1) is 14.1. The van der Waals surface area contributed by atoms with Gasteiger partial charge in [-0.1, -0.05) is 0 Å². The molecule has 0 spiro atoms. The number of hydrogen-bond donors (Lipinski definition) is 1. The third kappa shape index (κ3) is 4.11. The third-order valence-corrected chi connectivity index (χ3v) is 5.92. The van der Waals surface area contributed by atoms with Gasteiger partial charge >= 0.3 is 5.63 Å². The normalized spacial score (nSPS) is 17.3. The Labute approximate surface area is 170 Å². The third-order valence-electron chi connectivity index (χ3n) is 5.92. The molecule has 3 heterocycles. The van der Waals surface area contributed by atoms with Gasteiger partial charge in [0.25, 0.3) is 0 Å². The SMILES string of the molecule is COc1cc2c(cc1OC)CN(Cc1coc(=O)c(CN3CCCC3)c1O)CC2. The highest BCUT2D eigenvalue weighted by Gasteiger charge is 2.23. The average molecular weight is 400 g/mol. The van der Waals surface area contributed by atoms with Crippen LogP contribution in [0.4, 0.5) is 0 Å². The number of hydrogen-bond acceptors (Lipinski definition) is 7. The Morgan fingerprint density at radius 3 is 2.38 bits per heavy atom. The van der Waals surface area contributed by atoms with Gasteiger partial charge in [0, 0.05) is 31.7 Å². The van der Waals surface area contributed by atoms with Crippen LogP contribution in [-0.4, -0.2) is 48.8 Å². The van der Waals surface area contributed by atoms with Gasteiger partial charge in [-0.05, 0) is 55.6 Å². The lowest BCUT2D eigenvalue weighted by Gasteiger charge is -2.29. The van der Waals surface area contributed by atoms with Crippen LogP contribution < -0.4 is 15.1 Å². The molecule has 1 aromatic heterocycles. The van der Waals surface area contributed by atoms with Crippen molar-refractivity contribution in [2.24, 2.45) is 0 Å².